The second-order valence-electron chi connectivity index (χ2n) is 4.88. The Morgan fingerprint density at radius 3 is 2.75 bits per heavy atom. The monoisotopic (exact) mass is 335 g/mol. The summed E-state index contributed by atoms with van der Waals surface area (Å²) in [6, 6.07) is 9.16. The fraction of sp³-hybridized carbons (Fsp3) is 0.188. The first-order chi connectivity index (χ1) is 11.1. The van der Waals surface area contributed by atoms with E-state index in [-0.39, 0.29) is 47.4 Å². The number of methoxy groups -OCH3 is 2. The number of aromatic carboxylic acids is 1. The quantitative estimate of drug-likeness (QED) is 0.497. The summed E-state index contributed by atoms with van der Waals surface area (Å²) in [4.78, 5) is 15.7. The standard InChI is InChI=1S/C16H15N3O4.Na/c1-22-9-11-7-14(10-4-3-5-12(6-10)23-2)18-15-13(16(20)21)8-17-19(11)15;/h3-8H,9H2,1-2H3,(H,20,21);/q;+1/p-1. The van der Waals surface area contributed by atoms with Gasteiger partial charge in [-0.3, -0.25) is 0 Å². The SMILES string of the molecule is COCc1cc(-c2cccc(OC)c2)nc2c(C(=O)[O-])cnn12.[Na+]. The molecule has 2 heterocycles. The maximum Gasteiger partial charge on any atom is 1.00 e. The van der Waals surface area contributed by atoms with Crippen molar-refractivity contribution in [2.24, 2.45) is 0 Å². The van der Waals surface area contributed by atoms with Gasteiger partial charge in [0.25, 0.3) is 0 Å². The fourth-order valence-electron chi connectivity index (χ4n) is 2.35. The number of ether oxygens (including phenoxy) is 2. The first-order valence-electron chi connectivity index (χ1n) is 6.86. The summed E-state index contributed by atoms with van der Waals surface area (Å²) in [6.07, 6.45) is 1.23. The molecule has 0 bridgehead atoms. The van der Waals surface area contributed by atoms with E-state index >= 15 is 0 Å². The third-order valence-corrected chi connectivity index (χ3v) is 3.42. The molecule has 0 radical (unpaired) electrons. The van der Waals surface area contributed by atoms with Crippen molar-refractivity contribution in [3.05, 3.63) is 47.8 Å². The molecule has 0 aliphatic rings. The molecule has 0 aliphatic heterocycles. The molecule has 0 spiro atoms. The van der Waals surface area contributed by atoms with Crippen LogP contribution in [-0.2, 0) is 11.3 Å². The van der Waals surface area contributed by atoms with E-state index in [0.717, 1.165) is 5.56 Å². The summed E-state index contributed by atoms with van der Waals surface area (Å²) in [5.74, 6) is -0.634. The van der Waals surface area contributed by atoms with Gasteiger partial charge in [-0.1, -0.05) is 12.1 Å². The smallest absolute Gasteiger partial charge is 0.545 e. The number of fused-ring (bicyclic) bond motifs is 1. The van der Waals surface area contributed by atoms with Crippen molar-refractivity contribution in [3.63, 3.8) is 0 Å². The molecule has 24 heavy (non-hydrogen) atoms. The van der Waals surface area contributed by atoms with Gasteiger partial charge in [0.2, 0.25) is 0 Å². The number of aromatic nitrogens is 3. The van der Waals surface area contributed by atoms with Gasteiger partial charge in [0, 0.05) is 12.7 Å². The van der Waals surface area contributed by atoms with Gasteiger partial charge in [0.05, 0.1) is 42.8 Å². The third-order valence-electron chi connectivity index (χ3n) is 3.42. The molecular weight excluding hydrogens is 321 g/mol. The van der Waals surface area contributed by atoms with Crippen LogP contribution in [-0.4, -0.2) is 34.8 Å². The molecule has 0 amide bonds. The summed E-state index contributed by atoms with van der Waals surface area (Å²) >= 11 is 0. The molecule has 1 aromatic carbocycles. The Morgan fingerprint density at radius 1 is 1.29 bits per heavy atom. The zero-order valence-corrected chi connectivity index (χ0v) is 15.6. The van der Waals surface area contributed by atoms with Crippen molar-refractivity contribution >= 4 is 11.6 Å². The number of carboxylic acid groups (broad SMARTS) is 1. The molecule has 118 valence electrons. The van der Waals surface area contributed by atoms with E-state index in [1.54, 1.807) is 20.3 Å². The van der Waals surface area contributed by atoms with Crippen LogP contribution in [0.25, 0.3) is 16.9 Å². The summed E-state index contributed by atoms with van der Waals surface area (Å²) in [5.41, 5.74) is 2.24. The van der Waals surface area contributed by atoms with Crippen molar-refractivity contribution in [2.45, 2.75) is 6.61 Å². The van der Waals surface area contributed by atoms with Crippen LogP contribution in [0.5, 0.6) is 5.75 Å². The number of carbonyl (C=O) groups is 1. The number of benzene rings is 1. The first kappa shape index (κ1) is 18.4. The molecule has 7 nitrogen and oxygen atoms in total. The van der Waals surface area contributed by atoms with E-state index in [4.69, 9.17) is 9.47 Å². The number of carboxylic acids is 1. The number of carbonyl (C=O) groups excluding carboxylic acids is 1. The van der Waals surface area contributed by atoms with Gasteiger partial charge in [-0.2, -0.15) is 5.10 Å². The Labute approximate surface area is 160 Å². The molecule has 2 aromatic heterocycles. The van der Waals surface area contributed by atoms with Crippen molar-refractivity contribution in [1.29, 1.82) is 0 Å². The minimum Gasteiger partial charge on any atom is -0.545 e. The predicted octanol–water partition coefficient (Wildman–Crippen LogP) is -2.08. The van der Waals surface area contributed by atoms with Gasteiger partial charge in [0.1, 0.15) is 5.75 Å². The average molecular weight is 335 g/mol. The molecule has 0 N–H and O–H groups in total. The second-order valence-corrected chi connectivity index (χ2v) is 4.88. The van der Waals surface area contributed by atoms with E-state index in [0.29, 0.717) is 17.1 Å². The van der Waals surface area contributed by atoms with Crippen LogP contribution in [0.4, 0.5) is 0 Å². The molecule has 0 saturated carbocycles. The van der Waals surface area contributed by atoms with E-state index in [9.17, 15) is 9.90 Å². The van der Waals surface area contributed by atoms with Crippen molar-refractivity contribution in [2.75, 3.05) is 14.2 Å². The van der Waals surface area contributed by atoms with Gasteiger partial charge >= 0.3 is 29.6 Å². The molecule has 0 atom stereocenters. The molecule has 3 aromatic rings. The number of hydrogen-bond donors (Lipinski definition) is 0. The summed E-state index contributed by atoms with van der Waals surface area (Å²) in [5, 5.41) is 15.3. The van der Waals surface area contributed by atoms with Gasteiger partial charge in [-0.05, 0) is 18.2 Å². The molecule has 0 saturated heterocycles. The van der Waals surface area contributed by atoms with E-state index in [2.05, 4.69) is 10.1 Å². The molecule has 3 rings (SSSR count). The number of nitrogens with zero attached hydrogens (tertiary/aromatic N) is 3. The zero-order chi connectivity index (χ0) is 16.4. The second kappa shape index (κ2) is 7.76. The van der Waals surface area contributed by atoms with Gasteiger partial charge in [0.15, 0.2) is 5.65 Å². The Hall–Kier alpha value is -1.93. The fourth-order valence-corrected chi connectivity index (χ4v) is 2.35. The minimum atomic E-state index is -1.32. The average Bonchev–Trinajstić information content (AvgIpc) is 2.99. The largest absolute Gasteiger partial charge is 1.00 e. The predicted molar refractivity (Wildman–Crippen MR) is 80.0 cm³/mol. The molecular formula is C16H14N3NaO4. The van der Waals surface area contributed by atoms with Crippen molar-refractivity contribution < 1.29 is 48.9 Å². The van der Waals surface area contributed by atoms with E-state index in [1.165, 1.54) is 10.7 Å². The van der Waals surface area contributed by atoms with Crippen molar-refractivity contribution in [1.82, 2.24) is 14.6 Å². The van der Waals surface area contributed by atoms with Gasteiger partial charge in [-0.15, -0.1) is 0 Å². The normalized spacial score (nSPS) is 10.4. The Kier molecular flexibility index (Phi) is 5.95. The summed E-state index contributed by atoms with van der Waals surface area (Å²) in [7, 11) is 3.14. The number of hydrogen-bond acceptors (Lipinski definition) is 6. The first-order valence-corrected chi connectivity index (χ1v) is 6.86. The van der Waals surface area contributed by atoms with Crippen LogP contribution in [0.15, 0.2) is 36.5 Å². The molecule has 0 unspecified atom stereocenters. The third kappa shape index (κ3) is 3.44. The van der Waals surface area contributed by atoms with E-state index < -0.39 is 5.97 Å². The minimum absolute atomic E-state index is 0. The van der Waals surface area contributed by atoms with Gasteiger partial charge < -0.3 is 19.4 Å². The summed E-state index contributed by atoms with van der Waals surface area (Å²) in [6.45, 7) is 0.268. The van der Waals surface area contributed by atoms with Gasteiger partial charge in [-0.25, -0.2) is 9.50 Å². The van der Waals surface area contributed by atoms with Crippen LogP contribution < -0.4 is 39.4 Å². The van der Waals surface area contributed by atoms with Crippen LogP contribution >= 0.6 is 0 Å². The van der Waals surface area contributed by atoms with Crippen molar-refractivity contribution in [3.8, 4) is 17.0 Å². The maximum atomic E-state index is 11.2. The zero-order valence-electron chi connectivity index (χ0n) is 13.6. The van der Waals surface area contributed by atoms with Crippen LogP contribution in [0.1, 0.15) is 16.1 Å². The maximum absolute atomic E-state index is 11.2. The molecule has 8 heteroatoms. The summed E-state index contributed by atoms with van der Waals surface area (Å²) < 4.78 is 11.8. The van der Waals surface area contributed by atoms with Crippen LogP contribution in [0.3, 0.4) is 0 Å². The molecule has 0 fully saturated rings. The Morgan fingerprint density at radius 2 is 2.08 bits per heavy atom. The van der Waals surface area contributed by atoms with Crippen LogP contribution in [0.2, 0.25) is 0 Å². The topological polar surface area (TPSA) is 88.8 Å². The van der Waals surface area contributed by atoms with E-state index in [1.807, 2.05) is 24.3 Å². The van der Waals surface area contributed by atoms with Crippen LogP contribution in [0, 0.1) is 0 Å². The molecule has 0 aliphatic carbocycles. The Bertz CT molecular complexity index is 879. The Balaban J connectivity index is 0.00000208. The number of rotatable bonds is 5.